The Morgan fingerprint density at radius 3 is 2.43 bits per heavy atom. The molecule has 1 N–H and O–H groups in total. The smallest absolute Gasteiger partial charge is 0.137 e. The Morgan fingerprint density at radius 2 is 1.70 bits per heavy atom. The van der Waals surface area contributed by atoms with E-state index in [1.54, 1.807) is 23.0 Å². The van der Waals surface area contributed by atoms with Gasteiger partial charge in [0.15, 0.2) is 0 Å². The van der Waals surface area contributed by atoms with Gasteiger partial charge in [0.25, 0.3) is 0 Å². The zero-order chi connectivity index (χ0) is 30.7. The lowest BCUT2D eigenvalue weighted by Crippen LogP contribution is -2.47. The molecule has 11 heteroatoms. The number of nitrogens with zero attached hydrogens (tertiary/aromatic N) is 7. The first-order valence-corrected chi connectivity index (χ1v) is 14.7. The Hall–Kier alpha value is -4.35. The number of rotatable bonds is 10. The second-order valence-electron chi connectivity index (χ2n) is 11.6. The number of benzene rings is 2. The molecule has 4 heterocycles. The summed E-state index contributed by atoms with van der Waals surface area (Å²) in [6, 6.07) is 11.7. The van der Waals surface area contributed by atoms with Gasteiger partial charge in [-0.2, -0.15) is 10.2 Å². The highest BCUT2D eigenvalue weighted by molar-refractivity contribution is 5.81. The number of hydrogen-bond donors (Lipinski definition) is 1. The minimum absolute atomic E-state index is 0.00643. The number of aryl methyl sites for hydroxylation is 2. The van der Waals surface area contributed by atoms with Gasteiger partial charge in [-0.25, -0.2) is 22.8 Å². The highest BCUT2D eigenvalue weighted by atomic mass is 19.1. The van der Waals surface area contributed by atoms with Crippen LogP contribution in [0, 0.1) is 23.4 Å². The predicted octanol–water partition coefficient (Wildman–Crippen LogP) is 5.39. The summed E-state index contributed by atoms with van der Waals surface area (Å²) in [5, 5.41) is 20.5. The summed E-state index contributed by atoms with van der Waals surface area (Å²) < 4.78 is 45.3. The molecular weight excluding hydrogens is 567 g/mol. The summed E-state index contributed by atoms with van der Waals surface area (Å²) >= 11 is 0. The van der Waals surface area contributed by atoms with Gasteiger partial charge >= 0.3 is 0 Å². The fourth-order valence-electron chi connectivity index (χ4n) is 6.23. The second-order valence-corrected chi connectivity index (χ2v) is 11.6. The third-order valence-corrected chi connectivity index (χ3v) is 8.48. The van der Waals surface area contributed by atoms with Gasteiger partial charge in [-0.05, 0) is 92.2 Å². The van der Waals surface area contributed by atoms with E-state index in [4.69, 9.17) is 0 Å². The van der Waals surface area contributed by atoms with E-state index in [2.05, 4.69) is 25.1 Å². The first-order chi connectivity index (χ1) is 21.3. The first kappa shape index (κ1) is 29.7. The topological polar surface area (TPSA) is 84.9 Å². The first-order valence-electron chi connectivity index (χ1n) is 14.7. The number of halogens is 3. The summed E-state index contributed by atoms with van der Waals surface area (Å²) in [5.41, 5.74) is 3.23. The van der Waals surface area contributed by atoms with E-state index < -0.39 is 17.2 Å². The van der Waals surface area contributed by atoms with Crippen molar-refractivity contribution in [2.45, 2.75) is 37.8 Å². The van der Waals surface area contributed by atoms with Gasteiger partial charge in [-0.1, -0.05) is 6.07 Å². The predicted molar refractivity (Wildman–Crippen MR) is 160 cm³/mol. The number of piperidine rings is 1. The molecule has 1 saturated heterocycles. The fraction of sp³-hybridized carbons (Fsp3) is 0.333. The Kier molecular flexibility index (Phi) is 8.58. The number of likely N-dealkylation sites (tertiary alicyclic amines) is 1. The number of β-amino-alcohol motifs (C(OH)–C–C–N with tert-alkyl or cyclic N) is 1. The molecule has 0 spiro atoms. The van der Waals surface area contributed by atoms with E-state index in [0.29, 0.717) is 5.92 Å². The third-order valence-electron chi connectivity index (χ3n) is 8.48. The van der Waals surface area contributed by atoms with Crippen molar-refractivity contribution in [1.29, 1.82) is 0 Å². The van der Waals surface area contributed by atoms with E-state index in [0.717, 1.165) is 78.9 Å². The zero-order valence-corrected chi connectivity index (χ0v) is 24.5. The van der Waals surface area contributed by atoms with Crippen LogP contribution in [-0.2, 0) is 25.6 Å². The molecule has 1 aliphatic heterocycles. The number of aromatic nitrogens is 6. The lowest BCUT2D eigenvalue weighted by molar-refractivity contribution is -0.0289. The number of hydrogen-bond acceptors (Lipinski definition) is 6. The van der Waals surface area contributed by atoms with Gasteiger partial charge in [-0.3, -0.25) is 9.67 Å². The zero-order valence-electron chi connectivity index (χ0n) is 24.5. The molecule has 0 bridgehead atoms. The molecule has 3 aromatic heterocycles. The summed E-state index contributed by atoms with van der Waals surface area (Å²) in [6.07, 6.45) is 12.2. The average Bonchev–Trinajstić information content (AvgIpc) is 3.66. The van der Waals surface area contributed by atoms with E-state index in [1.807, 2.05) is 25.5 Å². The molecule has 1 fully saturated rings. The maximum absolute atomic E-state index is 14.9. The molecule has 1 atom stereocenters. The lowest BCUT2D eigenvalue weighted by atomic mass is 9.87. The van der Waals surface area contributed by atoms with Crippen molar-refractivity contribution < 1.29 is 18.3 Å². The fourth-order valence-corrected chi connectivity index (χ4v) is 6.23. The summed E-state index contributed by atoms with van der Waals surface area (Å²) in [6.45, 7) is 1.66. The van der Waals surface area contributed by atoms with Crippen molar-refractivity contribution in [3.8, 4) is 22.4 Å². The minimum Gasteiger partial charge on any atom is -0.382 e. The normalized spacial score (nSPS) is 15.8. The van der Waals surface area contributed by atoms with E-state index >= 15 is 0 Å². The largest absolute Gasteiger partial charge is 0.382 e. The Morgan fingerprint density at radius 1 is 0.932 bits per heavy atom. The van der Waals surface area contributed by atoms with Crippen LogP contribution in [0.2, 0.25) is 0 Å². The molecule has 2 aromatic carbocycles. The summed E-state index contributed by atoms with van der Waals surface area (Å²) in [7, 11) is 1.88. The van der Waals surface area contributed by atoms with Crippen LogP contribution in [0.15, 0.2) is 79.8 Å². The van der Waals surface area contributed by atoms with Crippen molar-refractivity contribution >= 4 is 0 Å². The van der Waals surface area contributed by atoms with Crippen molar-refractivity contribution in [3.63, 3.8) is 0 Å². The molecule has 0 amide bonds. The monoisotopic (exact) mass is 601 g/mol. The molecule has 1 unspecified atom stereocenters. The van der Waals surface area contributed by atoms with Crippen molar-refractivity contribution in [3.05, 3.63) is 108 Å². The van der Waals surface area contributed by atoms with Gasteiger partial charge < -0.3 is 10.0 Å². The number of aliphatic hydroxyl groups is 1. The van der Waals surface area contributed by atoms with Gasteiger partial charge in [0.2, 0.25) is 0 Å². The van der Waals surface area contributed by atoms with Crippen molar-refractivity contribution in [1.82, 2.24) is 34.4 Å². The standard InChI is InChI=1S/C33H34F3N7O/c1-41-18-29(32(40-41)24-4-6-26(34)7-5-24)28-10-13-37-17-25(28)3-2-23-11-14-42(15-12-23)19-33(44,20-43-22-38-21-39-43)30-9-8-27(35)16-31(30)36/h4-10,13,16-18,21-23,44H,2-3,11-12,14-15,19-20H2,1H3. The van der Waals surface area contributed by atoms with Crippen LogP contribution in [0.1, 0.15) is 30.4 Å². The Labute approximate surface area is 253 Å². The molecule has 1 aliphatic rings. The van der Waals surface area contributed by atoms with Gasteiger partial charge in [-0.15, -0.1) is 0 Å². The molecular formula is C33H34F3N7O. The van der Waals surface area contributed by atoms with Gasteiger partial charge in [0.05, 0.1) is 6.54 Å². The highest BCUT2D eigenvalue weighted by Crippen LogP contribution is 2.35. The van der Waals surface area contributed by atoms with E-state index in [-0.39, 0.29) is 24.5 Å². The van der Waals surface area contributed by atoms with E-state index in [9.17, 15) is 18.3 Å². The molecule has 228 valence electrons. The maximum Gasteiger partial charge on any atom is 0.137 e. The number of pyridine rings is 1. The van der Waals surface area contributed by atoms with Gasteiger partial charge in [0, 0.05) is 54.9 Å². The third kappa shape index (κ3) is 6.58. The molecule has 5 aromatic rings. The molecule has 44 heavy (non-hydrogen) atoms. The van der Waals surface area contributed by atoms with Crippen LogP contribution in [0.25, 0.3) is 22.4 Å². The van der Waals surface area contributed by atoms with Crippen molar-refractivity contribution in [2.75, 3.05) is 19.6 Å². The average molecular weight is 602 g/mol. The Bertz CT molecular complexity index is 1700. The quantitative estimate of drug-likeness (QED) is 0.231. The van der Waals surface area contributed by atoms with Gasteiger partial charge in [0.1, 0.15) is 41.4 Å². The summed E-state index contributed by atoms with van der Waals surface area (Å²) in [5.74, 6) is -1.30. The Balaban J connectivity index is 1.12. The van der Waals surface area contributed by atoms with Crippen LogP contribution in [0.4, 0.5) is 13.2 Å². The highest BCUT2D eigenvalue weighted by Gasteiger charge is 2.36. The molecule has 0 saturated carbocycles. The van der Waals surface area contributed by atoms with Crippen LogP contribution < -0.4 is 0 Å². The van der Waals surface area contributed by atoms with Crippen LogP contribution >= 0.6 is 0 Å². The second kappa shape index (κ2) is 12.7. The van der Waals surface area contributed by atoms with Crippen molar-refractivity contribution in [2.24, 2.45) is 13.0 Å². The molecule has 0 aliphatic carbocycles. The van der Waals surface area contributed by atoms with Crippen LogP contribution in [0.5, 0.6) is 0 Å². The van der Waals surface area contributed by atoms with E-state index in [1.165, 1.54) is 35.5 Å². The SMILES string of the molecule is Cn1cc(-c2ccncc2CCC2CCN(CC(O)(Cn3cncn3)c3ccc(F)cc3F)CC2)c(-c2ccc(F)cc2)n1. The molecule has 6 rings (SSSR count). The van der Waals surface area contributed by atoms with Crippen LogP contribution in [-0.4, -0.2) is 59.2 Å². The summed E-state index contributed by atoms with van der Waals surface area (Å²) in [4.78, 5) is 10.5. The minimum atomic E-state index is -1.62. The molecule has 8 nitrogen and oxygen atoms in total. The van der Waals surface area contributed by atoms with Crippen LogP contribution in [0.3, 0.4) is 0 Å². The lowest BCUT2D eigenvalue weighted by Gasteiger charge is -2.38. The maximum atomic E-state index is 14.9. The molecule has 0 radical (unpaired) electrons.